The lowest BCUT2D eigenvalue weighted by molar-refractivity contribution is -0.318. The summed E-state index contributed by atoms with van der Waals surface area (Å²) in [6.07, 6.45) is -13.1. The van der Waals surface area contributed by atoms with Crippen molar-refractivity contribution in [3.8, 4) is 22.8 Å². The Bertz CT molecular complexity index is 1390. The number of H-pyrrole nitrogens is 1. The molecule has 1 aromatic heterocycles. The van der Waals surface area contributed by atoms with E-state index in [2.05, 4.69) is 15.0 Å². The van der Waals surface area contributed by atoms with Crippen LogP contribution in [0.15, 0.2) is 47.3 Å². The van der Waals surface area contributed by atoms with E-state index in [4.69, 9.17) is 11.6 Å². The highest BCUT2D eigenvalue weighted by Gasteiger charge is 2.71. The summed E-state index contributed by atoms with van der Waals surface area (Å²) in [5.41, 5.74) is -3.52. The van der Waals surface area contributed by atoms with Gasteiger partial charge in [0.2, 0.25) is 5.41 Å². The van der Waals surface area contributed by atoms with Gasteiger partial charge in [0.25, 0.3) is 0 Å². The summed E-state index contributed by atoms with van der Waals surface area (Å²) in [4.78, 5) is 35.3. The number of rotatable bonds is 6. The minimum absolute atomic E-state index is 0.00485. The molecule has 2 aromatic carbocycles. The average molecular weight is 560 g/mol. The number of aromatic amines is 1. The minimum atomic E-state index is -5.81. The van der Waals surface area contributed by atoms with Crippen molar-refractivity contribution in [1.82, 2.24) is 15.0 Å². The van der Waals surface area contributed by atoms with Crippen molar-refractivity contribution in [3.05, 3.63) is 69.1 Å². The first kappa shape index (κ1) is 29.3. The zero-order chi connectivity index (χ0) is 28.7. The molecule has 0 aliphatic rings. The Morgan fingerprint density at radius 1 is 0.921 bits per heavy atom. The van der Waals surface area contributed by atoms with E-state index < -0.39 is 42.1 Å². The van der Waals surface area contributed by atoms with Crippen molar-refractivity contribution < 1.29 is 31.1 Å². The van der Waals surface area contributed by atoms with Crippen LogP contribution in [0.4, 0.5) is 26.3 Å². The van der Waals surface area contributed by atoms with Crippen LogP contribution < -0.4 is 5.69 Å². The van der Waals surface area contributed by atoms with Gasteiger partial charge in [0.05, 0.1) is 5.02 Å². The quantitative estimate of drug-likeness (QED) is 0.327. The van der Waals surface area contributed by atoms with Gasteiger partial charge < -0.3 is 0 Å². The molecule has 0 spiro atoms. The molecule has 0 amide bonds. The lowest BCUT2D eigenvalue weighted by atomic mass is 9.81. The fourth-order valence-electron chi connectivity index (χ4n) is 3.66. The molecule has 1 N–H and O–H groups in total. The number of carbonyl (C=O) groups excluding carboxylic acids is 1. The van der Waals surface area contributed by atoms with Gasteiger partial charge in [-0.05, 0) is 48.1 Å². The first-order chi connectivity index (χ1) is 17.3. The molecule has 0 unspecified atom stereocenters. The van der Waals surface area contributed by atoms with Crippen LogP contribution in [0.2, 0.25) is 5.02 Å². The number of aryl methyl sites for hydroxylation is 1. The Kier molecular flexibility index (Phi) is 7.85. The number of nitrogens with zero attached hydrogens (tertiary/aromatic N) is 2. The molecule has 0 atom stereocenters. The van der Waals surface area contributed by atoms with Gasteiger partial charge in [0, 0.05) is 17.5 Å². The molecule has 204 valence electrons. The number of nitrogens with one attached hydrogen (secondary N) is 1. The molecule has 38 heavy (non-hydrogen) atoms. The number of hydrogen-bond donors (Lipinski definition) is 1. The first-order valence-electron chi connectivity index (χ1n) is 11.4. The summed E-state index contributed by atoms with van der Waals surface area (Å²) in [6.45, 7) is 5.87. The SMILES string of the molecule is CC(C)(C)c1cccc(-c2nc(-c3cc(CCC(=O)C(C)(C(F)(F)F)C(F)(F)F)ccc3Cl)[nH]c(=O)n2)c1. The zero-order valence-corrected chi connectivity index (χ0v) is 21.6. The molecular formula is C26H24ClF6N3O2. The van der Waals surface area contributed by atoms with Crippen LogP contribution in [0.3, 0.4) is 0 Å². The number of carbonyl (C=O) groups is 1. The molecule has 0 aliphatic heterocycles. The standard InChI is InChI=1S/C26H24ClF6N3O2/c1-23(2,3)16-7-5-6-15(13-16)20-34-21(36-22(38)35-20)17-12-14(8-10-18(17)27)9-11-19(37)24(4,25(28,29)30)26(31,32)33/h5-8,10,12-13H,9,11H2,1-4H3,(H,34,35,36,38). The van der Waals surface area contributed by atoms with E-state index in [1.807, 2.05) is 32.9 Å². The number of hydrogen-bond acceptors (Lipinski definition) is 4. The average Bonchev–Trinajstić information content (AvgIpc) is 2.80. The number of Topliss-reactive ketones (excluding diaryl/α,β-unsaturated/α-hetero) is 1. The van der Waals surface area contributed by atoms with Crippen molar-refractivity contribution in [2.75, 3.05) is 0 Å². The van der Waals surface area contributed by atoms with Crippen molar-refractivity contribution in [2.24, 2.45) is 5.41 Å². The predicted octanol–water partition coefficient (Wildman–Crippen LogP) is 7.08. The maximum absolute atomic E-state index is 13.2. The van der Waals surface area contributed by atoms with Gasteiger partial charge in [-0.15, -0.1) is 0 Å². The predicted molar refractivity (Wildman–Crippen MR) is 131 cm³/mol. The highest BCUT2D eigenvalue weighted by molar-refractivity contribution is 6.33. The van der Waals surface area contributed by atoms with E-state index in [1.54, 1.807) is 12.1 Å². The highest BCUT2D eigenvalue weighted by atomic mass is 35.5. The molecule has 0 saturated carbocycles. The van der Waals surface area contributed by atoms with E-state index in [-0.39, 0.29) is 40.1 Å². The molecule has 1 heterocycles. The molecule has 3 rings (SSSR count). The van der Waals surface area contributed by atoms with Crippen LogP contribution in [0.1, 0.15) is 45.2 Å². The maximum atomic E-state index is 13.2. The lowest BCUT2D eigenvalue weighted by Crippen LogP contribution is -2.53. The van der Waals surface area contributed by atoms with Crippen LogP contribution in [0.25, 0.3) is 22.8 Å². The summed E-state index contributed by atoms with van der Waals surface area (Å²) < 4.78 is 79.3. The fraction of sp³-hybridized carbons (Fsp3) is 0.385. The largest absolute Gasteiger partial charge is 0.409 e. The Hall–Kier alpha value is -3.21. The van der Waals surface area contributed by atoms with Crippen LogP contribution in [-0.2, 0) is 16.6 Å². The molecule has 0 aliphatic carbocycles. The second-order valence-electron chi connectivity index (χ2n) is 10.0. The number of alkyl halides is 6. The van der Waals surface area contributed by atoms with Crippen molar-refractivity contribution in [1.29, 1.82) is 0 Å². The first-order valence-corrected chi connectivity index (χ1v) is 11.8. The maximum Gasteiger partial charge on any atom is 0.409 e. The minimum Gasteiger partial charge on any atom is -0.298 e. The molecule has 0 saturated heterocycles. The Balaban J connectivity index is 1.96. The number of ketones is 1. The third-order valence-corrected chi connectivity index (χ3v) is 6.59. The van der Waals surface area contributed by atoms with Gasteiger partial charge in [-0.2, -0.15) is 31.3 Å². The Morgan fingerprint density at radius 3 is 2.13 bits per heavy atom. The van der Waals surface area contributed by atoms with Crippen LogP contribution >= 0.6 is 11.6 Å². The smallest absolute Gasteiger partial charge is 0.298 e. The molecule has 0 fully saturated rings. The van der Waals surface area contributed by atoms with Gasteiger partial charge in [-0.1, -0.05) is 56.6 Å². The number of benzene rings is 2. The Labute approximate surface area is 219 Å². The van der Waals surface area contributed by atoms with Gasteiger partial charge >= 0.3 is 18.0 Å². The van der Waals surface area contributed by atoms with Gasteiger partial charge in [-0.25, -0.2) is 9.78 Å². The lowest BCUT2D eigenvalue weighted by Gasteiger charge is -2.32. The normalized spacial score (nSPS) is 13.0. The van der Waals surface area contributed by atoms with Crippen LogP contribution in [0, 0.1) is 5.41 Å². The highest BCUT2D eigenvalue weighted by Crippen LogP contribution is 2.51. The molecule has 0 radical (unpaired) electrons. The van der Waals surface area contributed by atoms with E-state index in [9.17, 15) is 35.9 Å². The van der Waals surface area contributed by atoms with Crippen molar-refractivity contribution in [3.63, 3.8) is 0 Å². The number of halogens is 7. The topological polar surface area (TPSA) is 75.7 Å². The Morgan fingerprint density at radius 2 is 1.55 bits per heavy atom. The van der Waals surface area contributed by atoms with Crippen molar-refractivity contribution in [2.45, 2.75) is 58.3 Å². The molecular weight excluding hydrogens is 536 g/mol. The zero-order valence-electron chi connectivity index (χ0n) is 20.8. The van der Waals surface area contributed by atoms with Gasteiger partial charge in [-0.3, -0.25) is 9.78 Å². The van der Waals surface area contributed by atoms with Gasteiger partial charge in [0.1, 0.15) is 5.82 Å². The third kappa shape index (κ3) is 5.92. The second kappa shape index (κ2) is 10.2. The van der Waals surface area contributed by atoms with Crippen LogP contribution in [-0.4, -0.2) is 33.1 Å². The second-order valence-corrected chi connectivity index (χ2v) is 10.4. The van der Waals surface area contributed by atoms with E-state index in [0.29, 0.717) is 5.56 Å². The summed E-state index contributed by atoms with van der Waals surface area (Å²) in [5, 5.41) is 0.110. The summed E-state index contributed by atoms with van der Waals surface area (Å²) in [5.74, 6) is -1.92. The summed E-state index contributed by atoms with van der Waals surface area (Å²) in [6, 6.07) is 11.3. The van der Waals surface area contributed by atoms with Crippen molar-refractivity contribution >= 4 is 17.4 Å². The number of aromatic nitrogens is 3. The summed E-state index contributed by atoms with van der Waals surface area (Å²) in [7, 11) is 0. The summed E-state index contributed by atoms with van der Waals surface area (Å²) >= 11 is 6.27. The monoisotopic (exact) mass is 559 g/mol. The van der Waals surface area contributed by atoms with E-state index in [1.165, 1.54) is 18.2 Å². The van der Waals surface area contributed by atoms with Gasteiger partial charge in [0.15, 0.2) is 11.6 Å². The van der Waals surface area contributed by atoms with E-state index >= 15 is 0 Å². The van der Waals surface area contributed by atoms with Crippen LogP contribution in [0.5, 0.6) is 0 Å². The molecule has 5 nitrogen and oxygen atoms in total. The molecule has 3 aromatic rings. The fourth-order valence-corrected chi connectivity index (χ4v) is 3.87. The molecule has 0 bridgehead atoms. The third-order valence-electron chi connectivity index (χ3n) is 6.26. The van der Waals surface area contributed by atoms with E-state index in [0.717, 1.165) is 5.56 Å². The molecule has 12 heteroatoms.